The van der Waals surface area contributed by atoms with E-state index in [0.717, 1.165) is 19.6 Å². The van der Waals surface area contributed by atoms with Crippen LogP contribution in [0.15, 0.2) is 6.20 Å². The number of rotatable bonds is 5. The second kappa shape index (κ2) is 5.45. The van der Waals surface area contributed by atoms with E-state index in [2.05, 4.69) is 55.0 Å². The average molecular weight is 442 g/mol. The zero-order chi connectivity index (χ0) is 17.2. The summed E-state index contributed by atoms with van der Waals surface area (Å²) in [6.45, 7) is 11.5. The number of ether oxygens (including phenoxy) is 1. The highest BCUT2D eigenvalue weighted by atomic mass is 127. The van der Waals surface area contributed by atoms with Gasteiger partial charge in [-0.2, -0.15) is 5.10 Å². The topological polar surface area (TPSA) is 27.1 Å². The van der Waals surface area contributed by atoms with Crippen molar-refractivity contribution >= 4 is 22.6 Å². The molecule has 2 unspecified atom stereocenters. The molecule has 4 aliphatic carbocycles. The summed E-state index contributed by atoms with van der Waals surface area (Å²) in [6, 6.07) is 0. The molecule has 134 valence electrons. The maximum absolute atomic E-state index is 6.59. The summed E-state index contributed by atoms with van der Waals surface area (Å²) < 4.78 is 10.1. The zero-order valence-electron chi connectivity index (χ0n) is 15.6. The van der Waals surface area contributed by atoms with Crippen molar-refractivity contribution in [3.05, 3.63) is 15.5 Å². The van der Waals surface area contributed by atoms with Crippen LogP contribution in [-0.4, -0.2) is 22.0 Å². The number of hydrogen-bond acceptors (Lipinski definition) is 2. The quantitative estimate of drug-likeness (QED) is 0.576. The van der Waals surface area contributed by atoms with Crippen LogP contribution in [0.1, 0.15) is 71.4 Å². The van der Waals surface area contributed by atoms with Gasteiger partial charge in [-0.15, -0.1) is 0 Å². The minimum atomic E-state index is 0.127. The number of halogens is 1. The lowest BCUT2D eigenvalue weighted by Crippen LogP contribution is -2.64. The molecule has 4 bridgehead atoms. The smallest absolute Gasteiger partial charge is 0.0698 e. The molecular weight excluding hydrogens is 411 g/mol. The van der Waals surface area contributed by atoms with E-state index in [9.17, 15) is 0 Å². The van der Waals surface area contributed by atoms with Crippen molar-refractivity contribution in [1.82, 2.24) is 9.78 Å². The fraction of sp³-hybridized carbons (Fsp3) is 0.850. The van der Waals surface area contributed by atoms with Crippen molar-refractivity contribution in [3.63, 3.8) is 0 Å². The predicted octanol–water partition coefficient (Wildman–Crippen LogP) is 5.34. The van der Waals surface area contributed by atoms with Gasteiger partial charge >= 0.3 is 0 Å². The van der Waals surface area contributed by atoms with Crippen LogP contribution in [0.4, 0.5) is 0 Å². The van der Waals surface area contributed by atoms with Gasteiger partial charge in [0.25, 0.3) is 0 Å². The van der Waals surface area contributed by atoms with Gasteiger partial charge in [0.2, 0.25) is 0 Å². The van der Waals surface area contributed by atoms with E-state index in [1.807, 2.05) is 6.20 Å². The Morgan fingerprint density at radius 3 is 2.33 bits per heavy atom. The second-order valence-corrected chi connectivity index (χ2v) is 11.1. The zero-order valence-corrected chi connectivity index (χ0v) is 17.8. The van der Waals surface area contributed by atoms with Gasteiger partial charge in [0.1, 0.15) is 0 Å². The molecule has 0 saturated heterocycles. The molecule has 0 amide bonds. The van der Waals surface area contributed by atoms with Gasteiger partial charge in [-0.05, 0) is 90.7 Å². The molecule has 3 nitrogen and oxygen atoms in total. The third-order valence-electron chi connectivity index (χ3n) is 6.79. The van der Waals surface area contributed by atoms with Crippen LogP contribution in [0, 0.1) is 26.7 Å². The largest absolute Gasteiger partial charge is 0.375 e. The van der Waals surface area contributed by atoms with Crippen LogP contribution >= 0.6 is 22.6 Å². The van der Waals surface area contributed by atoms with E-state index in [4.69, 9.17) is 9.84 Å². The Balaban J connectivity index is 1.69. The Hall–Kier alpha value is -0.100. The van der Waals surface area contributed by atoms with Gasteiger partial charge < -0.3 is 4.74 Å². The maximum Gasteiger partial charge on any atom is 0.0698 e. The Bertz CT molecular complexity index is 634. The highest BCUT2D eigenvalue weighted by Gasteiger charge is 2.66. The predicted molar refractivity (Wildman–Crippen MR) is 105 cm³/mol. The van der Waals surface area contributed by atoms with Crippen molar-refractivity contribution in [2.24, 2.45) is 16.2 Å². The molecule has 2 atom stereocenters. The van der Waals surface area contributed by atoms with Gasteiger partial charge in [-0.3, -0.25) is 4.68 Å². The first-order valence-electron chi connectivity index (χ1n) is 9.52. The molecule has 1 aromatic rings. The lowest BCUT2D eigenvalue weighted by molar-refractivity contribution is -0.248. The molecule has 0 aliphatic heterocycles. The van der Waals surface area contributed by atoms with Gasteiger partial charge in [-0.25, -0.2) is 0 Å². The molecule has 4 heteroatoms. The fourth-order valence-electron chi connectivity index (χ4n) is 7.37. The van der Waals surface area contributed by atoms with Crippen molar-refractivity contribution in [3.8, 4) is 0 Å². The molecule has 4 fully saturated rings. The van der Waals surface area contributed by atoms with Crippen LogP contribution in [0.5, 0.6) is 0 Å². The molecule has 24 heavy (non-hydrogen) atoms. The van der Waals surface area contributed by atoms with Crippen LogP contribution in [0.25, 0.3) is 0 Å². The van der Waals surface area contributed by atoms with E-state index in [-0.39, 0.29) is 5.60 Å². The maximum atomic E-state index is 6.59. The molecular formula is C20H31IN2O. The summed E-state index contributed by atoms with van der Waals surface area (Å²) in [5.74, 6) is 0. The van der Waals surface area contributed by atoms with E-state index < -0.39 is 0 Å². The van der Waals surface area contributed by atoms with Crippen LogP contribution in [-0.2, 0) is 11.3 Å². The Morgan fingerprint density at radius 2 is 1.79 bits per heavy atom. The first-order valence-corrected chi connectivity index (χ1v) is 10.6. The molecule has 4 aliphatic rings. The number of nitrogens with zero attached hydrogens (tertiary/aromatic N) is 2. The van der Waals surface area contributed by atoms with E-state index in [0.29, 0.717) is 16.2 Å². The summed E-state index contributed by atoms with van der Waals surface area (Å²) in [4.78, 5) is 0. The van der Waals surface area contributed by atoms with Gasteiger partial charge in [0, 0.05) is 18.8 Å². The highest BCUT2D eigenvalue weighted by molar-refractivity contribution is 14.1. The second-order valence-electron chi connectivity index (χ2n) is 9.95. The third kappa shape index (κ3) is 2.76. The van der Waals surface area contributed by atoms with Crippen LogP contribution in [0.2, 0.25) is 0 Å². The number of hydrogen-bond donors (Lipinski definition) is 0. The highest BCUT2D eigenvalue weighted by Crippen LogP contribution is 2.72. The third-order valence-corrected chi connectivity index (χ3v) is 7.85. The van der Waals surface area contributed by atoms with Crippen molar-refractivity contribution in [1.29, 1.82) is 0 Å². The summed E-state index contributed by atoms with van der Waals surface area (Å²) in [6.07, 6.45) is 11.0. The molecule has 5 rings (SSSR count). The molecule has 1 heterocycles. The molecule has 0 aromatic carbocycles. The summed E-state index contributed by atoms with van der Waals surface area (Å²) in [7, 11) is 0. The van der Waals surface area contributed by atoms with Crippen LogP contribution < -0.4 is 0 Å². The lowest BCUT2D eigenvalue weighted by Gasteiger charge is -2.69. The number of aromatic nitrogens is 2. The molecule has 0 spiro atoms. The summed E-state index contributed by atoms with van der Waals surface area (Å²) in [5, 5.41) is 4.69. The van der Waals surface area contributed by atoms with Crippen molar-refractivity contribution in [2.45, 2.75) is 84.8 Å². The van der Waals surface area contributed by atoms with Crippen molar-refractivity contribution in [2.75, 3.05) is 6.61 Å². The monoisotopic (exact) mass is 442 g/mol. The standard InChI is InChI=1S/C20H31IN2O/c1-5-6-24-20-11-17(3)8-18(4,12-20)10-19(9-17,13-20)14-23-15(2)16(21)7-22-23/h7H,5-6,8-14H2,1-4H3. The minimum Gasteiger partial charge on any atom is -0.375 e. The normalized spacial score (nSPS) is 43.5. The fourth-order valence-corrected chi connectivity index (χ4v) is 7.77. The first kappa shape index (κ1) is 17.3. The average Bonchev–Trinajstić information content (AvgIpc) is 2.73. The van der Waals surface area contributed by atoms with E-state index >= 15 is 0 Å². The Morgan fingerprint density at radius 1 is 1.12 bits per heavy atom. The van der Waals surface area contributed by atoms with Gasteiger partial charge in [-0.1, -0.05) is 20.8 Å². The molecule has 0 radical (unpaired) electrons. The molecule has 4 saturated carbocycles. The molecule has 0 N–H and O–H groups in total. The lowest BCUT2D eigenvalue weighted by atomic mass is 9.39. The molecule has 1 aromatic heterocycles. The minimum absolute atomic E-state index is 0.127. The Labute approximate surface area is 160 Å². The van der Waals surface area contributed by atoms with E-state index in [1.165, 1.54) is 47.8 Å². The SMILES string of the molecule is CCCOC12CC3(C)CC(C)(CC(Cn4ncc(I)c4C)(C3)C1)C2. The van der Waals surface area contributed by atoms with Gasteiger partial charge in [0.15, 0.2) is 0 Å². The first-order chi connectivity index (χ1) is 11.2. The van der Waals surface area contributed by atoms with Crippen molar-refractivity contribution < 1.29 is 4.74 Å². The van der Waals surface area contributed by atoms with E-state index in [1.54, 1.807) is 0 Å². The summed E-state index contributed by atoms with van der Waals surface area (Å²) >= 11 is 2.41. The van der Waals surface area contributed by atoms with Gasteiger partial charge in [0.05, 0.1) is 15.4 Å². The summed E-state index contributed by atoms with van der Waals surface area (Å²) in [5.41, 5.74) is 2.72. The Kier molecular flexibility index (Phi) is 3.93. The van der Waals surface area contributed by atoms with Crippen LogP contribution in [0.3, 0.4) is 0 Å².